The largest absolute Gasteiger partial charge is 0.339 e. The Hall–Kier alpha value is 0.347. The maximum absolute atomic E-state index is 6.26. The minimum Gasteiger partial charge on any atom is -0.339 e. The molecule has 110 valence electrons. The van der Waals surface area contributed by atoms with Crippen LogP contribution in [0.25, 0.3) is 0 Å². The lowest BCUT2D eigenvalue weighted by atomic mass is 10.6. The minimum atomic E-state index is -0.632. The van der Waals surface area contributed by atoms with Gasteiger partial charge in [0.1, 0.15) is 27.9 Å². The SMILES string of the molecule is CCC(Cl)[SiH2]C(OC(C)N(C)C)OC(C)N(C)C. The van der Waals surface area contributed by atoms with E-state index >= 15 is 0 Å². The molecule has 0 aromatic rings. The molecule has 0 rings (SSSR count). The molecule has 0 heterocycles. The predicted molar refractivity (Wildman–Crippen MR) is 80.7 cm³/mol. The van der Waals surface area contributed by atoms with Crippen LogP contribution in [0.1, 0.15) is 27.2 Å². The maximum Gasteiger partial charge on any atom is 0.140 e. The average Bonchev–Trinajstić information content (AvgIpc) is 2.27. The van der Waals surface area contributed by atoms with E-state index in [0.29, 0.717) is 0 Å². The molecule has 0 aromatic carbocycles. The van der Waals surface area contributed by atoms with Crippen molar-refractivity contribution in [1.82, 2.24) is 9.80 Å². The van der Waals surface area contributed by atoms with Crippen molar-refractivity contribution in [3.05, 3.63) is 0 Å². The number of hydrogen-bond donors (Lipinski definition) is 0. The molecule has 0 saturated carbocycles. The number of ether oxygens (including phenoxy) is 2. The molecule has 4 nitrogen and oxygen atoms in total. The van der Waals surface area contributed by atoms with Crippen molar-refractivity contribution in [3.8, 4) is 0 Å². The van der Waals surface area contributed by atoms with Gasteiger partial charge < -0.3 is 9.47 Å². The molecule has 3 unspecified atom stereocenters. The van der Waals surface area contributed by atoms with Crippen LogP contribution in [0.4, 0.5) is 0 Å². The second-order valence-electron chi connectivity index (χ2n) is 5.07. The lowest BCUT2D eigenvalue weighted by Gasteiger charge is -2.31. The van der Waals surface area contributed by atoms with Crippen LogP contribution < -0.4 is 0 Å². The fourth-order valence-corrected chi connectivity index (χ4v) is 3.17. The van der Waals surface area contributed by atoms with E-state index in [0.717, 1.165) is 6.42 Å². The van der Waals surface area contributed by atoms with Gasteiger partial charge in [0.25, 0.3) is 0 Å². The van der Waals surface area contributed by atoms with E-state index in [4.69, 9.17) is 21.1 Å². The fourth-order valence-electron chi connectivity index (χ4n) is 1.20. The van der Waals surface area contributed by atoms with Crippen molar-refractivity contribution in [2.45, 2.75) is 50.6 Å². The van der Waals surface area contributed by atoms with Crippen molar-refractivity contribution in [3.63, 3.8) is 0 Å². The monoisotopic (exact) mass is 296 g/mol. The van der Waals surface area contributed by atoms with Gasteiger partial charge in [0.05, 0.1) is 0 Å². The molecule has 6 heteroatoms. The third-order valence-electron chi connectivity index (χ3n) is 3.04. The summed E-state index contributed by atoms with van der Waals surface area (Å²) in [5.74, 6) is -0.137. The van der Waals surface area contributed by atoms with E-state index < -0.39 is 9.52 Å². The third-order valence-corrected chi connectivity index (χ3v) is 5.74. The van der Waals surface area contributed by atoms with Crippen LogP contribution in [-0.2, 0) is 9.47 Å². The average molecular weight is 297 g/mol. The first kappa shape index (κ1) is 18.3. The highest BCUT2D eigenvalue weighted by Crippen LogP contribution is 2.11. The summed E-state index contributed by atoms with van der Waals surface area (Å²) in [7, 11) is 7.35. The topological polar surface area (TPSA) is 24.9 Å². The molecule has 3 atom stereocenters. The second kappa shape index (κ2) is 9.28. The van der Waals surface area contributed by atoms with Crippen LogP contribution in [0, 0.1) is 0 Å². The highest BCUT2D eigenvalue weighted by Gasteiger charge is 2.22. The lowest BCUT2D eigenvalue weighted by Crippen LogP contribution is -2.42. The van der Waals surface area contributed by atoms with Gasteiger partial charge in [-0.1, -0.05) is 6.92 Å². The lowest BCUT2D eigenvalue weighted by molar-refractivity contribution is -0.193. The fraction of sp³-hybridized carbons (Fsp3) is 1.00. The zero-order valence-electron chi connectivity index (χ0n) is 12.8. The molecule has 0 aliphatic heterocycles. The van der Waals surface area contributed by atoms with Crippen LogP contribution in [-0.4, -0.2) is 70.9 Å². The molecule has 0 amide bonds. The van der Waals surface area contributed by atoms with Gasteiger partial charge in [-0.15, -0.1) is 11.6 Å². The van der Waals surface area contributed by atoms with Gasteiger partial charge in [0, 0.05) is 5.00 Å². The van der Waals surface area contributed by atoms with Gasteiger partial charge in [0.2, 0.25) is 0 Å². The Labute approximate surface area is 119 Å². The molecule has 0 aromatic heterocycles. The summed E-state index contributed by atoms with van der Waals surface area (Å²) in [6.45, 7) is 6.16. The highest BCUT2D eigenvalue weighted by molar-refractivity contribution is 6.53. The molecule has 0 bridgehead atoms. The molecular formula is C12H29ClN2O2Si. The van der Waals surface area contributed by atoms with Crippen LogP contribution >= 0.6 is 11.6 Å². The van der Waals surface area contributed by atoms with Crippen LogP contribution in [0.15, 0.2) is 0 Å². The number of halogens is 1. The first-order valence-corrected chi connectivity index (χ1v) is 8.62. The Morgan fingerprint density at radius 2 is 1.39 bits per heavy atom. The Kier molecular flexibility index (Phi) is 9.46. The summed E-state index contributed by atoms with van der Waals surface area (Å²) in [6, 6.07) is 0. The molecular weight excluding hydrogens is 268 g/mol. The van der Waals surface area contributed by atoms with E-state index in [2.05, 4.69) is 6.92 Å². The molecule has 0 saturated heterocycles. The molecule has 0 aliphatic carbocycles. The van der Waals surface area contributed by atoms with Gasteiger partial charge in [0.15, 0.2) is 0 Å². The minimum absolute atomic E-state index is 0.0394. The first-order valence-electron chi connectivity index (χ1n) is 6.55. The number of alkyl halides is 1. The molecule has 0 spiro atoms. The predicted octanol–water partition coefficient (Wildman–Crippen LogP) is 1.26. The smallest absolute Gasteiger partial charge is 0.140 e. The number of rotatable bonds is 9. The zero-order valence-corrected chi connectivity index (χ0v) is 15.0. The molecule has 0 fully saturated rings. The number of hydrogen-bond acceptors (Lipinski definition) is 4. The Balaban J connectivity index is 4.41. The third kappa shape index (κ3) is 7.71. The summed E-state index contributed by atoms with van der Waals surface area (Å²) in [5.41, 5.74) is 0. The van der Waals surface area contributed by atoms with Crippen LogP contribution in [0.3, 0.4) is 0 Å². The summed E-state index contributed by atoms with van der Waals surface area (Å²) < 4.78 is 11.9. The van der Waals surface area contributed by atoms with Gasteiger partial charge in [-0.3, -0.25) is 9.80 Å². The first-order chi connectivity index (χ1) is 8.27. The van der Waals surface area contributed by atoms with Crippen LogP contribution in [0.2, 0.25) is 0 Å². The van der Waals surface area contributed by atoms with Crippen molar-refractivity contribution >= 4 is 21.1 Å². The number of nitrogens with zero attached hydrogens (tertiary/aromatic N) is 2. The van der Waals surface area contributed by atoms with E-state index in [1.54, 1.807) is 0 Å². The van der Waals surface area contributed by atoms with Gasteiger partial charge in [-0.25, -0.2) is 0 Å². The van der Waals surface area contributed by atoms with E-state index in [1.165, 1.54) is 0 Å². The maximum atomic E-state index is 6.26. The van der Waals surface area contributed by atoms with Gasteiger partial charge in [-0.2, -0.15) is 0 Å². The summed E-state index contributed by atoms with van der Waals surface area (Å²) >= 11 is 6.26. The van der Waals surface area contributed by atoms with Gasteiger partial charge in [-0.05, 0) is 48.5 Å². The molecule has 0 radical (unpaired) electrons. The molecule has 18 heavy (non-hydrogen) atoms. The zero-order chi connectivity index (χ0) is 14.3. The van der Waals surface area contributed by atoms with Crippen LogP contribution in [0.5, 0.6) is 0 Å². The molecule has 0 aliphatic rings. The Bertz CT molecular complexity index is 204. The standard InChI is InChI=1S/C12H29ClN2O2Si/c1-8-11(13)18-12(16-9(2)14(4)5)17-10(3)15(6)7/h9-12H,8,18H2,1-7H3. The quantitative estimate of drug-likeness (QED) is 0.363. The Morgan fingerprint density at radius 1 is 1.00 bits per heavy atom. The van der Waals surface area contributed by atoms with Crippen molar-refractivity contribution in [2.75, 3.05) is 28.2 Å². The van der Waals surface area contributed by atoms with E-state index in [-0.39, 0.29) is 23.4 Å². The highest BCUT2D eigenvalue weighted by atomic mass is 35.5. The van der Waals surface area contributed by atoms with Gasteiger partial charge >= 0.3 is 0 Å². The van der Waals surface area contributed by atoms with E-state index in [1.807, 2.05) is 51.8 Å². The molecule has 0 N–H and O–H groups in total. The summed E-state index contributed by atoms with van der Waals surface area (Å²) in [5, 5.41) is 0.221. The van der Waals surface area contributed by atoms with E-state index in [9.17, 15) is 0 Å². The Morgan fingerprint density at radius 3 is 1.67 bits per heavy atom. The van der Waals surface area contributed by atoms with Crippen molar-refractivity contribution in [2.24, 2.45) is 0 Å². The summed E-state index contributed by atoms with van der Waals surface area (Å²) in [4.78, 5) is 4.06. The second-order valence-corrected chi connectivity index (χ2v) is 8.33. The van der Waals surface area contributed by atoms with Crippen molar-refractivity contribution < 1.29 is 9.47 Å². The normalized spacial score (nSPS) is 19.7. The van der Waals surface area contributed by atoms with Crippen molar-refractivity contribution in [1.29, 1.82) is 0 Å². The summed E-state index contributed by atoms with van der Waals surface area (Å²) in [6.07, 6.45) is 1.05.